The number of aromatic nitrogens is 2. The van der Waals surface area contributed by atoms with Crippen molar-refractivity contribution in [2.45, 2.75) is 13.5 Å². The smallest absolute Gasteiger partial charge is 0.226 e. The lowest BCUT2D eigenvalue weighted by atomic mass is 10.2. The van der Waals surface area contributed by atoms with E-state index >= 15 is 0 Å². The number of nitrogens with zero attached hydrogens (tertiary/aromatic N) is 4. The summed E-state index contributed by atoms with van der Waals surface area (Å²) in [6.45, 7) is 2.14. The monoisotopic (exact) mass is 256 g/mol. The van der Waals surface area contributed by atoms with Crippen molar-refractivity contribution < 1.29 is 4.39 Å². The first-order chi connectivity index (χ1) is 9.10. The maximum absolute atomic E-state index is 13.6. The van der Waals surface area contributed by atoms with E-state index in [1.54, 1.807) is 43.1 Å². The van der Waals surface area contributed by atoms with Gasteiger partial charge in [-0.2, -0.15) is 5.26 Å². The zero-order chi connectivity index (χ0) is 13.8. The van der Waals surface area contributed by atoms with Crippen LogP contribution in [-0.2, 0) is 6.54 Å². The van der Waals surface area contributed by atoms with Gasteiger partial charge in [0.25, 0.3) is 0 Å². The molecule has 1 heterocycles. The quantitative estimate of drug-likeness (QED) is 0.846. The molecule has 0 radical (unpaired) electrons. The van der Waals surface area contributed by atoms with E-state index < -0.39 is 0 Å². The van der Waals surface area contributed by atoms with Gasteiger partial charge in [0.15, 0.2) is 0 Å². The second-order valence-electron chi connectivity index (χ2n) is 4.25. The highest BCUT2D eigenvalue weighted by Crippen LogP contribution is 2.14. The van der Waals surface area contributed by atoms with Crippen molar-refractivity contribution in [3.8, 4) is 6.07 Å². The summed E-state index contributed by atoms with van der Waals surface area (Å²) in [5.41, 5.74) is 1.58. The third-order valence-corrected chi connectivity index (χ3v) is 2.66. The van der Waals surface area contributed by atoms with Crippen molar-refractivity contribution in [2.75, 3.05) is 11.9 Å². The predicted molar refractivity (Wildman–Crippen MR) is 70.0 cm³/mol. The van der Waals surface area contributed by atoms with Crippen LogP contribution in [-0.4, -0.2) is 17.0 Å². The highest BCUT2D eigenvalue weighted by Gasteiger charge is 2.10. The normalized spacial score (nSPS) is 10.0. The van der Waals surface area contributed by atoms with E-state index in [4.69, 9.17) is 5.26 Å². The number of aryl methyl sites for hydroxylation is 1. The van der Waals surface area contributed by atoms with Crippen molar-refractivity contribution in [3.05, 3.63) is 53.1 Å². The van der Waals surface area contributed by atoms with Gasteiger partial charge in [-0.15, -0.1) is 0 Å². The minimum absolute atomic E-state index is 0.262. The van der Waals surface area contributed by atoms with Crippen LogP contribution in [0.15, 0.2) is 30.3 Å². The van der Waals surface area contributed by atoms with Gasteiger partial charge in [0.2, 0.25) is 5.95 Å². The lowest BCUT2D eigenvalue weighted by molar-refractivity contribution is 0.607. The summed E-state index contributed by atoms with van der Waals surface area (Å²) in [4.78, 5) is 10.1. The molecule has 1 aromatic heterocycles. The Morgan fingerprint density at radius 1 is 1.32 bits per heavy atom. The molecule has 96 valence electrons. The SMILES string of the molecule is Cc1cc(C#N)nc(N(C)Cc2ccccc2F)n1. The maximum atomic E-state index is 13.6. The van der Waals surface area contributed by atoms with E-state index in [0.29, 0.717) is 29.4 Å². The first-order valence-electron chi connectivity index (χ1n) is 5.80. The minimum Gasteiger partial charge on any atom is -0.339 e. The Bertz CT molecular complexity index is 634. The first-order valence-corrected chi connectivity index (χ1v) is 5.80. The molecule has 5 heteroatoms. The summed E-state index contributed by atoms with van der Waals surface area (Å²) in [7, 11) is 1.77. The molecule has 0 saturated carbocycles. The Kier molecular flexibility index (Phi) is 3.71. The summed E-state index contributed by atoms with van der Waals surface area (Å²) < 4.78 is 13.6. The molecular weight excluding hydrogens is 243 g/mol. The molecule has 0 amide bonds. The third-order valence-electron chi connectivity index (χ3n) is 2.66. The van der Waals surface area contributed by atoms with E-state index in [2.05, 4.69) is 9.97 Å². The summed E-state index contributed by atoms with van der Waals surface area (Å²) in [6, 6.07) is 10.2. The fourth-order valence-electron chi connectivity index (χ4n) is 1.73. The maximum Gasteiger partial charge on any atom is 0.226 e. The molecule has 4 nitrogen and oxygen atoms in total. The van der Waals surface area contributed by atoms with Crippen LogP contribution in [0.5, 0.6) is 0 Å². The van der Waals surface area contributed by atoms with Gasteiger partial charge in [-0.25, -0.2) is 14.4 Å². The van der Waals surface area contributed by atoms with Crippen LogP contribution in [0.25, 0.3) is 0 Å². The Labute approximate surface area is 111 Å². The number of benzene rings is 1. The van der Waals surface area contributed by atoms with Crippen LogP contribution < -0.4 is 4.90 Å². The van der Waals surface area contributed by atoms with Gasteiger partial charge in [0, 0.05) is 24.8 Å². The zero-order valence-electron chi connectivity index (χ0n) is 10.8. The molecule has 0 atom stereocenters. The Morgan fingerprint density at radius 2 is 2.05 bits per heavy atom. The number of hydrogen-bond acceptors (Lipinski definition) is 4. The van der Waals surface area contributed by atoms with Gasteiger partial charge in [0.05, 0.1) is 0 Å². The first kappa shape index (κ1) is 13.0. The van der Waals surface area contributed by atoms with E-state index in [-0.39, 0.29) is 5.82 Å². The van der Waals surface area contributed by atoms with Crippen LogP contribution >= 0.6 is 0 Å². The second-order valence-corrected chi connectivity index (χ2v) is 4.25. The summed E-state index contributed by atoms with van der Waals surface area (Å²) in [5.74, 6) is 0.155. The molecule has 0 unspecified atom stereocenters. The van der Waals surface area contributed by atoms with Crippen LogP contribution in [0.4, 0.5) is 10.3 Å². The second kappa shape index (κ2) is 5.44. The van der Waals surface area contributed by atoms with Crippen LogP contribution in [0.2, 0.25) is 0 Å². The number of anilines is 1. The number of rotatable bonds is 3. The average molecular weight is 256 g/mol. The number of hydrogen-bond donors (Lipinski definition) is 0. The fourth-order valence-corrected chi connectivity index (χ4v) is 1.73. The highest BCUT2D eigenvalue weighted by molar-refractivity contribution is 5.36. The molecule has 0 bridgehead atoms. The Balaban J connectivity index is 2.26. The molecule has 0 saturated heterocycles. The minimum atomic E-state index is -0.262. The standard InChI is InChI=1S/C14H13FN4/c1-10-7-12(8-16)18-14(17-10)19(2)9-11-5-3-4-6-13(11)15/h3-7H,9H2,1-2H3. The van der Waals surface area contributed by atoms with Crippen LogP contribution in [0.1, 0.15) is 17.0 Å². The van der Waals surface area contributed by atoms with Crippen molar-refractivity contribution >= 4 is 5.95 Å². The predicted octanol–water partition coefficient (Wildman–Crippen LogP) is 2.43. The highest BCUT2D eigenvalue weighted by atomic mass is 19.1. The lowest BCUT2D eigenvalue weighted by Gasteiger charge is -2.17. The topological polar surface area (TPSA) is 52.8 Å². The molecular formula is C14H13FN4. The summed E-state index contributed by atoms with van der Waals surface area (Å²) in [5, 5.41) is 8.88. The van der Waals surface area contributed by atoms with Gasteiger partial charge in [-0.1, -0.05) is 18.2 Å². The Hall–Kier alpha value is -2.48. The van der Waals surface area contributed by atoms with Crippen molar-refractivity contribution in [1.82, 2.24) is 9.97 Å². The number of nitriles is 1. The molecule has 0 aliphatic rings. The number of halogens is 1. The average Bonchev–Trinajstić information content (AvgIpc) is 2.40. The largest absolute Gasteiger partial charge is 0.339 e. The molecule has 0 fully saturated rings. The molecule has 0 N–H and O–H groups in total. The molecule has 2 rings (SSSR count). The van der Waals surface area contributed by atoms with Crippen molar-refractivity contribution in [1.29, 1.82) is 5.26 Å². The summed E-state index contributed by atoms with van der Waals surface area (Å²) >= 11 is 0. The van der Waals surface area contributed by atoms with Crippen LogP contribution in [0, 0.1) is 24.1 Å². The molecule has 0 aliphatic heterocycles. The Morgan fingerprint density at radius 3 is 2.74 bits per heavy atom. The van der Waals surface area contributed by atoms with E-state index in [1.165, 1.54) is 6.07 Å². The zero-order valence-corrected chi connectivity index (χ0v) is 10.8. The van der Waals surface area contributed by atoms with Crippen molar-refractivity contribution in [3.63, 3.8) is 0 Å². The molecule has 2 aromatic rings. The van der Waals surface area contributed by atoms with Gasteiger partial charge >= 0.3 is 0 Å². The molecule has 0 spiro atoms. The summed E-state index contributed by atoms with van der Waals surface area (Å²) in [6.07, 6.45) is 0. The molecule has 1 aromatic carbocycles. The lowest BCUT2D eigenvalue weighted by Crippen LogP contribution is -2.20. The third kappa shape index (κ3) is 3.05. The van der Waals surface area contributed by atoms with Gasteiger partial charge in [0.1, 0.15) is 17.6 Å². The van der Waals surface area contributed by atoms with Crippen LogP contribution in [0.3, 0.4) is 0 Å². The van der Waals surface area contributed by atoms with E-state index in [9.17, 15) is 4.39 Å². The van der Waals surface area contributed by atoms with Gasteiger partial charge in [-0.3, -0.25) is 0 Å². The van der Waals surface area contributed by atoms with Gasteiger partial charge < -0.3 is 4.90 Å². The van der Waals surface area contributed by atoms with E-state index in [1.807, 2.05) is 6.07 Å². The molecule has 19 heavy (non-hydrogen) atoms. The fraction of sp³-hybridized carbons (Fsp3) is 0.214. The van der Waals surface area contributed by atoms with Crippen molar-refractivity contribution in [2.24, 2.45) is 0 Å². The van der Waals surface area contributed by atoms with Gasteiger partial charge in [-0.05, 0) is 19.1 Å². The van der Waals surface area contributed by atoms with E-state index in [0.717, 1.165) is 0 Å². The molecule has 0 aliphatic carbocycles.